The molecule has 0 saturated carbocycles. The lowest BCUT2D eigenvalue weighted by Crippen LogP contribution is -2.46. The first-order chi connectivity index (χ1) is 11.4. The molecule has 0 aromatic heterocycles. The Bertz CT molecular complexity index is 575. The normalized spacial score (nSPS) is 16.5. The van der Waals surface area contributed by atoms with Crippen LogP contribution in [0.5, 0.6) is 5.75 Å². The summed E-state index contributed by atoms with van der Waals surface area (Å²) in [4.78, 5) is 15.3. The number of rotatable bonds is 7. The highest BCUT2D eigenvalue weighted by atomic mass is 35.5. The molecule has 0 radical (unpaired) electrons. The van der Waals surface area contributed by atoms with E-state index >= 15 is 0 Å². The monoisotopic (exact) mass is 374 g/mol. The molecule has 1 aromatic rings. The van der Waals surface area contributed by atoms with Crippen LogP contribution in [0, 0.1) is 0 Å². The number of hydrogen-bond acceptors (Lipinski definition) is 4. The van der Waals surface area contributed by atoms with E-state index in [0.29, 0.717) is 21.8 Å². The first-order valence-corrected chi connectivity index (χ1v) is 8.90. The van der Waals surface area contributed by atoms with Crippen molar-refractivity contribution in [3.8, 4) is 5.75 Å². The van der Waals surface area contributed by atoms with Crippen LogP contribution in [0.1, 0.15) is 25.3 Å². The van der Waals surface area contributed by atoms with Crippen LogP contribution in [-0.2, 0) is 11.3 Å². The Hall–Kier alpha value is -1.01. The molecular formula is C17H24Cl2N2O3. The van der Waals surface area contributed by atoms with Gasteiger partial charge in [-0.25, -0.2) is 0 Å². The summed E-state index contributed by atoms with van der Waals surface area (Å²) in [5.41, 5.74) is 0.985. The number of carboxylic acids is 1. The first kappa shape index (κ1) is 19.3. The molecular weight excluding hydrogens is 351 g/mol. The van der Waals surface area contributed by atoms with Gasteiger partial charge in [-0.15, -0.1) is 0 Å². The summed E-state index contributed by atoms with van der Waals surface area (Å²) in [7, 11) is 1.57. The second-order valence-corrected chi connectivity index (χ2v) is 6.86. The standard InChI is InChI=1S/C17H24Cl2N2O3/c1-3-21(11-17(22)23)13-4-6-20(7-5-13)10-12-8-15(19)16(24-2)9-14(12)18/h8-9,13H,3-7,10-11H2,1-2H3,(H,22,23). The van der Waals surface area contributed by atoms with Crippen LogP contribution >= 0.6 is 23.2 Å². The van der Waals surface area contributed by atoms with E-state index in [0.717, 1.165) is 44.6 Å². The summed E-state index contributed by atoms with van der Waals surface area (Å²) < 4.78 is 5.17. The van der Waals surface area contributed by atoms with Crippen molar-refractivity contribution < 1.29 is 14.6 Å². The van der Waals surface area contributed by atoms with Crippen LogP contribution in [0.2, 0.25) is 10.0 Å². The summed E-state index contributed by atoms with van der Waals surface area (Å²) >= 11 is 12.5. The average molecular weight is 375 g/mol. The molecule has 1 fully saturated rings. The highest BCUT2D eigenvalue weighted by molar-refractivity contribution is 6.34. The summed E-state index contributed by atoms with van der Waals surface area (Å²) in [5.74, 6) is -0.185. The van der Waals surface area contributed by atoms with Crippen molar-refractivity contribution in [2.75, 3.05) is 33.3 Å². The van der Waals surface area contributed by atoms with E-state index in [4.69, 9.17) is 33.0 Å². The number of piperidine rings is 1. The van der Waals surface area contributed by atoms with Crippen molar-refractivity contribution in [1.29, 1.82) is 0 Å². The van der Waals surface area contributed by atoms with Crippen molar-refractivity contribution in [3.05, 3.63) is 27.7 Å². The number of hydrogen-bond donors (Lipinski definition) is 1. The third kappa shape index (κ3) is 4.99. The molecule has 0 spiro atoms. The van der Waals surface area contributed by atoms with E-state index in [1.165, 1.54) is 0 Å². The molecule has 7 heteroatoms. The van der Waals surface area contributed by atoms with E-state index in [1.54, 1.807) is 13.2 Å². The maximum Gasteiger partial charge on any atom is 0.317 e. The van der Waals surface area contributed by atoms with Gasteiger partial charge in [0.1, 0.15) is 5.75 Å². The average Bonchev–Trinajstić information content (AvgIpc) is 2.56. The zero-order chi connectivity index (χ0) is 17.7. The Balaban J connectivity index is 1.93. The molecule has 1 aromatic carbocycles. The number of carbonyl (C=O) groups is 1. The first-order valence-electron chi connectivity index (χ1n) is 8.14. The molecule has 0 atom stereocenters. The quantitative estimate of drug-likeness (QED) is 0.792. The molecule has 0 aliphatic carbocycles. The Morgan fingerprint density at radius 2 is 2.00 bits per heavy atom. The van der Waals surface area contributed by atoms with E-state index in [2.05, 4.69) is 4.90 Å². The fourth-order valence-electron chi connectivity index (χ4n) is 3.20. The van der Waals surface area contributed by atoms with Gasteiger partial charge in [0, 0.05) is 23.7 Å². The van der Waals surface area contributed by atoms with Crippen molar-refractivity contribution in [1.82, 2.24) is 9.80 Å². The van der Waals surface area contributed by atoms with Crippen molar-refractivity contribution in [2.45, 2.75) is 32.4 Å². The fraction of sp³-hybridized carbons (Fsp3) is 0.588. The van der Waals surface area contributed by atoms with Gasteiger partial charge in [-0.3, -0.25) is 14.6 Å². The predicted octanol–water partition coefficient (Wildman–Crippen LogP) is 3.37. The van der Waals surface area contributed by atoms with Crippen LogP contribution in [0.15, 0.2) is 12.1 Å². The van der Waals surface area contributed by atoms with Gasteiger partial charge in [0.25, 0.3) is 0 Å². The zero-order valence-corrected chi connectivity index (χ0v) is 15.6. The molecule has 0 unspecified atom stereocenters. The van der Waals surface area contributed by atoms with Crippen molar-refractivity contribution in [3.63, 3.8) is 0 Å². The molecule has 5 nitrogen and oxygen atoms in total. The molecule has 24 heavy (non-hydrogen) atoms. The highest BCUT2D eigenvalue weighted by Crippen LogP contribution is 2.32. The third-order valence-electron chi connectivity index (χ3n) is 4.53. The van der Waals surface area contributed by atoms with E-state index in [9.17, 15) is 4.79 Å². The minimum atomic E-state index is -0.765. The van der Waals surface area contributed by atoms with Crippen LogP contribution in [0.4, 0.5) is 0 Å². The van der Waals surface area contributed by atoms with Gasteiger partial charge < -0.3 is 9.84 Å². The SMILES string of the molecule is CCN(CC(=O)O)C1CCN(Cc2cc(Cl)c(OC)cc2Cl)CC1. The van der Waals surface area contributed by atoms with Crippen LogP contribution in [-0.4, -0.2) is 60.2 Å². The van der Waals surface area contributed by atoms with Gasteiger partial charge in [-0.1, -0.05) is 30.1 Å². The fourth-order valence-corrected chi connectivity index (χ4v) is 3.68. The minimum absolute atomic E-state index is 0.112. The predicted molar refractivity (Wildman–Crippen MR) is 96.2 cm³/mol. The number of likely N-dealkylation sites (tertiary alicyclic amines) is 1. The summed E-state index contributed by atoms with van der Waals surface area (Å²) in [6.45, 7) is 5.45. The number of carboxylic acid groups (broad SMARTS) is 1. The topological polar surface area (TPSA) is 53.0 Å². The van der Waals surface area contributed by atoms with Crippen LogP contribution in [0.3, 0.4) is 0 Å². The van der Waals surface area contributed by atoms with E-state index in [1.807, 2.05) is 17.9 Å². The number of benzene rings is 1. The van der Waals surface area contributed by atoms with Gasteiger partial charge >= 0.3 is 5.97 Å². The van der Waals surface area contributed by atoms with Crippen LogP contribution in [0.25, 0.3) is 0 Å². The Labute approximate surface area is 153 Å². The van der Waals surface area contributed by atoms with Crippen LogP contribution < -0.4 is 4.74 Å². The lowest BCUT2D eigenvalue weighted by molar-refractivity contribution is -0.139. The Kier molecular flexibility index (Phi) is 7.16. The smallest absolute Gasteiger partial charge is 0.317 e. The number of ether oxygens (including phenoxy) is 1. The second-order valence-electron chi connectivity index (χ2n) is 6.04. The molecule has 134 valence electrons. The van der Waals surface area contributed by atoms with Crippen molar-refractivity contribution in [2.24, 2.45) is 0 Å². The minimum Gasteiger partial charge on any atom is -0.495 e. The molecule has 1 heterocycles. The zero-order valence-electron chi connectivity index (χ0n) is 14.1. The van der Waals surface area contributed by atoms with E-state index in [-0.39, 0.29) is 6.54 Å². The number of methoxy groups -OCH3 is 1. The summed E-state index contributed by atoms with van der Waals surface area (Å²) in [5, 5.41) is 10.2. The largest absolute Gasteiger partial charge is 0.495 e. The molecule has 2 rings (SSSR count). The number of aliphatic carboxylic acids is 1. The van der Waals surface area contributed by atoms with Gasteiger partial charge in [0.2, 0.25) is 0 Å². The highest BCUT2D eigenvalue weighted by Gasteiger charge is 2.25. The lowest BCUT2D eigenvalue weighted by atomic mass is 10.0. The molecule has 1 aliphatic heterocycles. The molecule has 1 saturated heterocycles. The lowest BCUT2D eigenvalue weighted by Gasteiger charge is -2.37. The molecule has 0 amide bonds. The van der Waals surface area contributed by atoms with Gasteiger partial charge in [0.15, 0.2) is 0 Å². The van der Waals surface area contributed by atoms with Crippen molar-refractivity contribution >= 4 is 29.2 Å². The summed E-state index contributed by atoms with van der Waals surface area (Å²) in [6, 6.07) is 3.94. The summed E-state index contributed by atoms with van der Waals surface area (Å²) in [6.07, 6.45) is 1.92. The van der Waals surface area contributed by atoms with E-state index < -0.39 is 5.97 Å². The molecule has 0 bridgehead atoms. The molecule has 1 aliphatic rings. The Morgan fingerprint density at radius 1 is 1.33 bits per heavy atom. The molecule has 1 N–H and O–H groups in total. The number of likely N-dealkylation sites (N-methyl/N-ethyl adjacent to an activating group) is 1. The number of halogens is 2. The van der Waals surface area contributed by atoms with Gasteiger partial charge in [-0.05, 0) is 44.1 Å². The van der Waals surface area contributed by atoms with Gasteiger partial charge in [0.05, 0.1) is 18.7 Å². The maximum atomic E-state index is 10.9. The third-order valence-corrected chi connectivity index (χ3v) is 5.18. The second kappa shape index (κ2) is 8.90. The van der Waals surface area contributed by atoms with Gasteiger partial charge in [-0.2, -0.15) is 0 Å². The maximum absolute atomic E-state index is 10.9. The number of nitrogens with zero attached hydrogens (tertiary/aromatic N) is 2. The Morgan fingerprint density at radius 3 is 2.54 bits per heavy atom.